The fourth-order valence-corrected chi connectivity index (χ4v) is 4.01. The van der Waals surface area contributed by atoms with Gasteiger partial charge >= 0.3 is 0 Å². The maximum Gasteiger partial charge on any atom is 0.000926 e. The molecule has 0 bridgehead atoms. The molecule has 1 saturated heterocycles. The van der Waals surface area contributed by atoms with Gasteiger partial charge in [0.05, 0.1) is 0 Å². The first-order valence-corrected chi connectivity index (χ1v) is 7.94. The zero-order valence-corrected chi connectivity index (χ0v) is 12.0. The molecule has 1 unspecified atom stereocenters. The minimum atomic E-state index is 0.980. The standard InChI is InChI=1S/C16H31N/c1-14-8-4-3-5-9-15(12-14)16-10-6-7-11-17(2)13-16/h14-16H,3-13H2,1-2H3/t14-,15?,16-/m1/s1. The van der Waals surface area contributed by atoms with E-state index >= 15 is 0 Å². The molecule has 0 aromatic rings. The van der Waals surface area contributed by atoms with Gasteiger partial charge in [0.15, 0.2) is 0 Å². The van der Waals surface area contributed by atoms with Crippen molar-refractivity contribution >= 4 is 0 Å². The number of rotatable bonds is 1. The second kappa shape index (κ2) is 6.78. The minimum absolute atomic E-state index is 0.980. The number of hydrogen-bond donors (Lipinski definition) is 0. The minimum Gasteiger partial charge on any atom is -0.306 e. The highest BCUT2D eigenvalue weighted by atomic mass is 15.1. The third kappa shape index (κ3) is 4.28. The van der Waals surface area contributed by atoms with Crippen LogP contribution >= 0.6 is 0 Å². The molecule has 0 radical (unpaired) electrons. The molecule has 0 aromatic heterocycles. The van der Waals surface area contributed by atoms with Crippen molar-refractivity contribution in [3.8, 4) is 0 Å². The Morgan fingerprint density at radius 3 is 2.41 bits per heavy atom. The summed E-state index contributed by atoms with van der Waals surface area (Å²) >= 11 is 0. The molecule has 0 spiro atoms. The first-order valence-electron chi connectivity index (χ1n) is 7.94. The first-order chi connectivity index (χ1) is 8.25. The van der Waals surface area contributed by atoms with Crippen LogP contribution in [0.2, 0.25) is 0 Å². The lowest BCUT2D eigenvalue weighted by Gasteiger charge is -2.32. The van der Waals surface area contributed by atoms with Gasteiger partial charge in [0.25, 0.3) is 0 Å². The van der Waals surface area contributed by atoms with Crippen LogP contribution in [-0.2, 0) is 0 Å². The second-order valence-electron chi connectivity index (χ2n) is 6.76. The predicted octanol–water partition coefficient (Wildman–Crippen LogP) is 4.32. The highest BCUT2D eigenvalue weighted by Crippen LogP contribution is 2.35. The van der Waals surface area contributed by atoms with Crippen LogP contribution in [0.5, 0.6) is 0 Å². The lowest BCUT2D eigenvalue weighted by molar-refractivity contribution is 0.182. The van der Waals surface area contributed by atoms with Gasteiger partial charge in [-0.15, -0.1) is 0 Å². The monoisotopic (exact) mass is 237 g/mol. The summed E-state index contributed by atoms with van der Waals surface area (Å²) < 4.78 is 0. The van der Waals surface area contributed by atoms with Gasteiger partial charge in [-0.3, -0.25) is 0 Å². The molecule has 0 aromatic carbocycles. The van der Waals surface area contributed by atoms with E-state index < -0.39 is 0 Å². The largest absolute Gasteiger partial charge is 0.306 e. The van der Waals surface area contributed by atoms with Crippen molar-refractivity contribution in [2.45, 2.75) is 64.7 Å². The highest BCUT2D eigenvalue weighted by molar-refractivity contribution is 4.78. The molecule has 0 N–H and O–H groups in total. The van der Waals surface area contributed by atoms with E-state index in [1.165, 1.54) is 70.9 Å². The van der Waals surface area contributed by atoms with E-state index in [1.807, 2.05) is 0 Å². The Balaban J connectivity index is 1.92. The van der Waals surface area contributed by atoms with Crippen molar-refractivity contribution in [1.82, 2.24) is 4.90 Å². The molecule has 2 rings (SSSR count). The van der Waals surface area contributed by atoms with Crippen molar-refractivity contribution in [2.75, 3.05) is 20.1 Å². The van der Waals surface area contributed by atoms with E-state index in [1.54, 1.807) is 0 Å². The first kappa shape index (κ1) is 13.4. The zero-order valence-electron chi connectivity index (χ0n) is 12.0. The summed E-state index contributed by atoms with van der Waals surface area (Å²) in [4.78, 5) is 2.58. The van der Waals surface area contributed by atoms with Gasteiger partial charge in [0.1, 0.15) is 0 Å². The number of likely N-dealkylation sites (tertiary alicyclic amines) is 1. The maximum absolute atomic E-state index is 2.58. The van der Waals surface area contributed by atoms with Crippen LogP contribution in [-0.4, -0.2) is 25.0 Å². The van der Waals surface area contributed by atoms with Crippen LogP contribution in [0.4, 0.5) is 0 Å². The Labute approximate surface area is 108 Å². The second-order valence-corrected chi connectivity index (χ2v) is 6.76. The Morgan fingerprint density at radius 2 is 1.53 bits per heavy atom. The molecule has 1 aliphatic carbocycles. The van der Waals surface area contributed by atoms with Gasteiger partial charge in [-0.05, 0) is 50.6 Å². The SMILES string of the molecule is C[C@@H]1CCCCCC([C@@H]2CCCCN(C)C2)C1. The van der Waals surface area contributed by atoms with E-state index in [2.05, 4.69) is 18.9 Å². The molecular formula is C16H31N. The Hall–Kier alpha value is -0.0400. The quantitative estimate of drug-likeness (QED) is 0.656. The summed E-state index contributed by atoms with van der Waals surface area (Å²) in [7, 11) is 2.32. The van der Waals surface area contributed by atoms with Gasteiger partial charge in [0, 0.05) is 6.54 Å². The van der Waals surface area contributed by atoms with Crippen LogP contribution in [0.25, 0.3) is 0 Å². The van der Waals surface area contributed by atoms with Crippen LogP contribution in [0, 0.1) is 17.8 Å². The summed E-state index contributed by atoms with van der Waals surface area (Å²) in [6, 6.07) is 0. The van der Waals surface area contributed by atoms with E-state index in [-0.39, 0.29) is 0 Å². The molecule has 1 nitrogen and oxygen atoms in total. The smallest absolute Gasteiger partial charge is 0.000926 e. The Kier molecular flexibility index (Phi) is 5.34. The van der Waals surface area contributed by atoms with E-state index in [9.17, 15) is 0 Å². The van der Waals surface area contributed by atoms with Crippen LogP contribution < -0.4 is 0 Å². The molecule has 1 aliphatic heterocycles. The normalized spacial score (nSPS) is 38.1. The van der Waals surface area contributed by atoms with Crippen molar-refractivity contribution in [3.63, 3.8) is 0 Å². The molecule has 0 amide bonds. The zero-order chi connectivity index (χ0) is 12.1. The summed E-state index contributed by atoms with van der Waals surface area (Å²) in [6.07, 6.45) is 13.4. The molecule has 17 heavy (non-hydrogen) atoms. The third-order valence-corrected chi connectivity index (χ3v) is 5.05. The van der Waals surface area contributed by atoms with Crippen LogP contribution in [0.3, 0.4) is 0 Å². The molecule has 2 fully saturated rings. The maximum atomic E-state index is 2.58. The van der Waals surface area contributed by atoms with E-state index in [0.717, 1.165) is 17.8 Å². The van der Waals surface area contributed by atoms with Gasteiger partial charge in [-0.2, -0.15) is 0 Å². The molecule has 3 atom stereocenters. The van der Waals surface area contributed by atoms with Gasteiger partial charge in [0.2, 0.25) is 0 Å². The fourth-order valence-electron chi connectivity index (χ4n) is 4.01. The van der Waals surface area contributed by atoms with Crippen molar-refractivity contribution in [2.24, 2.45) is 17.8 Å². The van der Waals surface area contributed by atoms with Crippen molar-refractivity contribution in [1.29, 1.82) is 0 Å². The van der Waals surface area contributed by atoms with Crippen LogP contribution in [0.1, 0.15) is 64.7 Å². The van der Waals surface area contributed by atoms with E-state index in [4.69, 9.17) is 0 Å². The van der Waals surface area contributed by atoms with Crippen molar-refractivity contribution < 1.29 is 0 Å². The van der Waals surface area contributed by atoms with E-state index in [0.29, 0.717) is 0 Å². The summed E-state index contributed by atoms with van der Waals surface area (Å²) in [5.41, 5.74) is 0. The Bertz CT molecular complexity index is 214. The average Bonchev–Trinajstić information content (AvgIpc) is 2.48. The topological polar surface area (TPSA) is 3.24 Å². The number of hydrogen-bond acceptors (Lipinski definition) is 1. The number of nitrogens with zero attached hydrogens (tertiary/aromatic N) is 1. The van der Waals surface area contributed by atoms with Gasteiger partial charge in [-0.25, -0.2) is 0 Å². The predicted molar refractivity (Wildman–Crippen MR) is 75.2 cm³/mol. The van der Waals surface area contributed by atoms with Gasteiger partial charge < -0.3 is 4.90 Å². The third-order valence-electron chi connectivity index (χ3n) is 5.05. The molecule has 1 saturated carbocycles. The molecule has 1 heterocycles. The molecule has 100 valence electrons. The summed E-state index contributed by atoms with van der Waals surface area (Å²) in [5, 5.41) is 0. The van der Waals surface area contributed by atoms with Gasteiger partial charge in [-0.1, -0.05) is 45.4 Å². The lowest BCUT2D eigenvalue weighted by atomic mass is 9.76. The Morgan fingerprint density at radius 1 is 0.824 bits per heavy atom. The molecule has 2 aliphatic rings. The summed E-state index contributed by atoms with van der Waals surface area (Å²) in [5.74, 6) is 3.02. The summed E-state index contributed by atoms with van der Waals surface area (Å²) in [6.45, 7) is 5.19. The highest BCUT2D eigenvalue weighted by Gasteiger charge is 2.26. The molecule has 1 heteroatoms. The van der Waals surface area contributed by atoms with Crippen molar-refractivity contribution in [3.05, 3.63) is 0 Å². The molecular weight excluding hydrogens is 206 g/mol. The lowest BCUT2D eigenvalue weighted by Crippen LogP contribution is -2.29. The fraction of sp³-hybridized carbons (Fsp3) is 1.00. The van der Waals surface area contributed by atoms with Crippen LogP contribution in [0.15, 0.2) is 0 Å². The average molecular weight is 237 g/mol.